The van der Waals surface area contributed by atoms with Gasteiger partial charge in [0.05, 0.1) is 11.1 Å². The van der Waals surface area contributed by atoms with Crippen LogP contribution in [0.15, 0.2) is 42.5 Å². The minimum atomic E-state index is -0.464. The van der Waals surface area contributed by atoms with Gasteiger partial charge in [-0.2, -0.15) is 0 Å². The molecule has 220 valence electrons. The van der Waals surface area contributed by atoms with Gasteiger partial charge in [0.15, 0.2) is 5.78 Å². The Morgan fingerprint density at radius 1 is 0.850 bits per heavy atom. The lowest BCUT2D eigenvalue weighted by molar-refractivity contribution is 0.0315. The van der Waals surface area contributed by atoms with Gasteiger partial charge < -0.3 is 14.7 Å². The molecule has 0 spiro atoms. The number of unbranched alkanes of at least 4 members (excludes halogenated alkanes) is 2. The molecule has 0 amide bonds. The van der Waals surface area contributed by atoms with Gasteiger partial charge in [0.2, 0.25) is 0 Å². The number of ether oxygens (including phenoxy) is 1. The standard InChI is InChI=1S/C35H51NO4/c1-5-9-15-26(7-3)24-36(25-27(8-4)16-10-6-2)28-21-22-32(33(37)23-28)34(38)30-19-13-14-20-31(30)35(39)40-29-17-11-12-18-29/h13-14,19-23,26-27,29,37H,5-12,15-18,24-25H2,1-4H3. The minimum absolute atomic E-state index is 0.0466. The zero-order valence-corrected chi connectivity index (χ0v) is 25.3. The number of carbonyl (C=O) groups is 2. The fourth-order valence-electron chi connectivity index (χ4n) is 5.88. The molecule has 0 heterocycles. The minimum Gasteiger partial charge on any atom is -0.507 e. The maximum Gasteiger partial charge on any atom is 0.339 e. The number of carbonyl (C=O) groups excluding carboxylic acids is 2. The van der Waals surface area contributed by atoms with Crippen molar-refractivity contribution in [3.05, 3.63) is 59.2 Å². The number of phenolic OH excluding ortho intramolecular Hbond substituents is 1. The highest BCUT2D eigenvalue weighted by molar-refractivity contribution is 6.15. The molecule has 1 saturated carbocycles. The molecule has 1 aliphatic carbocycles. The number of aromatic hydroxyl groups is 1. The summed E-state index contributed by atoms with van der Waals surface area (Å²) in [6.45, 7) is 10.9. The predicted molar refractivity (Wildman–Crippen MR) is 164 cm³/mol. The van der Waals surface area contributed by atoms with Crippen LogP contribution in [-0.4, -0.2) is 36.1 Å². The topological polar surface area (TPSA) is 66.8 Å². The molecular weight excluding hydrogens is 498 g/mol. The fourth-order valence-corrected chi connectivity index (χ4v) is 5.88. The van der Waals surface area contributed by atoms with Crippen LogP contribution in [0.2, 0.25) is 0 Å². The van der Waals surface area contributed by atoms with Crippen molar-refractivity contribution in [2.45, 2.75) is 111 Å². The molecule has 2 aromatic rings. The molecule has 0 saturated heterocycles. The van der Waals surface area contributed by atoms with Gasteiger partial charge in [-0.15, -0.1) is 0 Å². The summed E-state index contributed by atoms with van der Waals surface area (Å²) in [5.41, 5.74) is 1.68. The summed E-state index contributed by atoms with van der Waals surface area (Å²) in [5.74, 6) is 0.302. The SMILES string of the molecule is CCCCC(CC)CN(CC(CC)CCCC)c1ccc(C(=O)c2ccccc2C(=O)OC2CCCC2)c(O)c1. The van der Waals surface area contributed by atoms with Crippen molar-refractivity contribution in [1.29, 1.82) is 0 Å². The number of esters is 1. The molecule has 0 aliphatic heterocycles. The molecule has 3 rings (SSSR count). The monoisotopic (exact) mass is 549 g/mol. The quantitative estimate of drug-likeness (QED) is 0.158. The maximum atomic E-state index is 13.6. The molecule has 2 atom stereocenters. The Balaban J connectivity index is 1.86. The maximum absolute atomic E-state index is 13.6. The van der Waals surface area contributed by atoms with E-state index < -0.39 is 5.97 Å². The van der Waals surface area contributed by atoms with Gasteiger partial charge in [0.25, 0.3) is 0 Å². The van der Waals surface area contributed by atoms with E-state index in [1.807, 2.05) is 6.07 Å². The van der Waals surface area contributed by atoms with Crippen molar-refractivity contribution >= 4 is 17.4 Å². The molecule has 2 aromatic carbocycles. The Hall–Kier alpha value is -2.82. The predicted octanol–water partition coefficient (Wildman–Crippen LogP) is 8.96. The lowest BCUT2D eigenvalue weighted by Gasteiger charge is -2.33. The number of benzene rings is 2. The first kappa shape index (κ1) is 31.7. The van der Waals surface area contributed by atoms with Gasteiger partial charge in [-0.05, 0) is 68.6 Å². The van der Waals surface area contributed by atoms with Gasteiger partial charge in [-0.3, -0.25) is 4.79 Å². The van der Waals surface area contributed by atoms with E-state index in [1.165, 1.54) is 38.5 Å². The lowest BCUT2D eigenvalue weighted by atomic mass is 9.94. The fraction of sp³-hybridized carbons (Fsp3) is 0.600. The zero-order chi connectivity index (χ0) is 28.9. The average molecular weight is 550 g/mol. The molecule has 40 heavy (non-hydrogen) atoms. The molecule has 1 aliphatic rings. The van der Waals surface area contributed by atoms with Crippen LogP contribution in [0.25, 0.3) is 0 Å². The van der Waals surface area contributed by atoms with Crippen molar-refractivity contribution in [2.75, 3.05) is 18.0 Å². The summed E-state index contributed by atoms with van der Waals surface area (Å²) >= 11 is 0. The van der Waals surface area contributed by atoms with Crippen LogP contribution in [-0.2, 0) is 4.74 Å². The zero-order valence-electron chi connectivity index (χ0n) is 25.3. The molecule has 5 nitrogen and oxygen atoms in total. The smallest absolute Gasteiger partial charge is 0.339 e. The molecule has 0 aromatic heterocycles. The average Bonchev–Trinajstić information content (AvgIpc) is 3.49. The molecular formula is C35H51NO4. The summed E-state index contributed by atoms with van der Waals surface area (Å²) < 4.78 is 5.70. The third-order valence-corrected chi connectivity index (χ3v) is 8.60. The van der Waals surface area contributed by atoms with Crippen molar-refractivity contribution in [1.82, 2.24) is 0 Å². The van der Waals surface area contributed by atoms with E-state index in [1.54, 1.807) is 36.4 Å². The van der Waals surface area contributed by atoms with E-state index >= 15 is 0 Å². The number of rotatable bonds is 17. The molecule has 0 bridgehead atoms. The number of nitrogens with zero attached hydrogens (tertiary/aromatic N) is 1. The van der Waals surface area contributed by atoms with Crippen LogP contribution in [0.5, 0.6) is 5.75 Å². The highest BCUT2D eigenvalue weighted by Crippen LogP contribution is 2.31. The van der Waals surface area contributed by atoms with E-state index in [2.05, 4.69) is 32.6 Å². The number of hydrogen-bond donors (Lipinski definition) is 1. The Bertz CT molecular complexity index is 1060. The van der Waals surface area contributed by atoms with Crippen molar-refractivity contribution in [3.8, 4) is 5.75 Å². The van der Waals surface area contributed by atoms with Gasteiger partial charge in [-0.25, -0.2) is 4.79 Å². The highest BCUT2D eigenvalue weighted by Gasteiger charge is 2.26. The Morgan fingerprint density at radius 2 is 1.43 bits per heavy atom. The molecule has 1 N–H and O–H groups in total. The van der Waals surface area contributed by atoms with Crippen LogP contribution in [0, 0.1) is 11.8 Å². The van der Waals surface area contributed by atoms with E-state index in [-0.39, 0.29) is 34.3 Å². The van der Waals surface area contributed by atoms with Gasteiger partial charge >= 0.3 is 5.97 Å². The van der Waals surface area contributed by atoms with Crippen LogP contribution >= 0.6 is 0 Å². The summed E-state index contributed by atoms with van der Waals surface area (Å²) in [6.07, 6.45) is 13.3. The van der Waals surface area contributed by atoms with E-state index in [9.17, 15) is 14.7 Å². The third-order valence-electron chi connectivity index (χ3n) is 8.60. The third kappa shape index (κ3) is 8.84. The van der Waals surface area contributed by atoms with Crippen LogP contribution in [0.3, 0.4) is 0 Å². The lowest BCUT2D eigenvalue weighted by Crippen LogP contribution is -2.34. The van der Waals surface area contributed by atoms with Gasteiger partial charge in [0, 0.05) is 30.4 Å². The summed E-state index contributed by atoms with van der Waals surface area (Å²) in [6, 6.07) is 12.2. The Morgan fingerprint density at radius 3 is 1.95 bits per heavy atom. The first-order valence-corrected chi connectivity index (χ1v) is 15.8. The van der Waals surface area contributed by atoms with Crippen LogP contribution in [0.1, 0.15) is 131 Å². The first-order valence-electron chi connectivity index (χ1n) is 15.8. The molecule has 5 heteroatoms. The second kappa shape index (κ2) is 16.4. The second-order valence-corrected chi connectivity index (χ2v) is 11.6. The highest BCUT2D eigenvalue weighted by atomic mass is 16.5. The Labute approximate surface area is 242 Å². The van der Waals surface area contributed by atoms with Crippen molar-refractivity contribution in [2.24, 2.45) is 11.8 Å². The number of hydrogen-bond acceptors (Lipinski definition) is 5. The normalized spacial score (nSPS) is 15.1. The van der Waals surface area contributed by atoms with E-state index in [0.717, 1.165) is 57.3 Å². The Kier molecular flexibility index (Phi) is 13.0. The molecule has 2 unspecified atom stereocenters. The van der Waals surface area contributed by atoms with Gasteiger partial charge in [0.1, 0.15) is 11.9 Å². The van der Waals surface area contributed by atoms with Crippen LogP contribution in [0.4, 0.5) is 5.69 Å². The number of ketones is 1. The van der Waals surface area contributed by atoms with E-state index in [0.29, 0.717) is 11.8 Å². The van der Waals surface area contributed by atoms with Crippen molar-refractivity contribution < 1.29 is 19.4 Å². The summed E-state index contributed by atoms with van der Waals surface area (Å²) in [5, 5.41) is 11.1. The van der Waals surface area contributed by atoms with Gasteiger partial charge in [-0.1, -0.05) is 84.4 Å². The van der Waals surface area contributed by atoms with Crippen LogP contribution < -0.4 is 4.90 Å². The number of anilines is 1. The second-order valence-electron chi connectivity index (χ2n) is 11.6. The number of phenols is 1. The molecule has 1 fully saturated rings. The van der Waals surface area contributed by atoms with Crippen molar-refractivity contribution in [3.63, 3.8) is 0 Å². The summed E-state index contributed by atoms with van der Waals surface area (Å²) in [4.78, 5) is 29.0. The molecule has 0 radical (unpaired) electrons. The first-order chi connectivity index (χ1) is 19.4. The summed E-state index contributed by atoms with van der Waals surface area (Å²) in [7, 11) is 0. The largest absolute Gasteiger partial charge is 0.507 e. The van der Waals surface area contributed by atoms with E-state index in [4.69, 9.17) is 4.74 Å².